The largest absolute Gasteiger partial charge is 0.337 e. The second kappa shape index (κ2) is 5.90. The summed E-state index contributed by atoms with van der Waals surface area (Å²) in [6, 6.07) is 8.48. The molecule has 1 aromatic carbocycles. The highest BCUT2D eigenvalue weighted by molar-refractivity contribution is 6.50. The lowest BCUT2D eigenvalue weighted by Gasteiger charge is -2.01. The maximum absolute atomic E-state index is 13.7. The Kier molecular flexibility index (Phi) is 3.59. The summed E-state index contributed by atoms with van der Waals surface area (Å²) in [5, 5.41) is 0.378. The maximum Gasteiger partial charge on any atom is 0.151 e. The molecule has 24 heavy (non-hydrogen) atoms. The summed E-state index contributed by atoms with van der Waals surface area (Å²) in [5.74, 6) is 0.785. The van der Waals surface area contributed by atoms with Gasteiger partial charge in [0.2, 0.25) is 0 Å². The number of halogens is 2. The quantitative estimate of drug-likeness (QED) is 0.613. The molecular weight excluding hydrogens is 329 g/mol. The van der Waals surface area contributed by atoms with Crippen LogP contribution in [0.3, 0.4) is 0 Å². The molecule has 3 heterocycles. The van der Waals surface area contributed by atoms with Crippen molar-refractivity contribution >= 4 is 33.7 Å². The van der Waals surface area contributed by atoms with E-state index in [2.05, 4.69) is 19.9 Å². The highest BCUT2D eigenvalue weighted by Crippen LogP contribution is 2.23. The van der Waals surface area contributed by atoms with E-state index in [4.69, 9.17) is 11.6 Å². The molecule has 0 bridgehead atoms. The van der Waals surface area contributed by atoms with Crippen LogP contribution in [-0.2, 0) is 0 Å². The standard InChI is InChI=1S/C17H11ClFN5/c18-12(17-22-14-3-1-2-13(19)16(14)23-17)8-11-4-5-15(21-9-11)24-7-6-20-10-24/h1-10H,(H,22,23). The summed E-state index contributed by atoms with van der Waals surface area (Å²) < 4.78 is 15.5. The normalized spacial score (nSPS) is 12.0. The number of pyridine rings is 1. The van der Waals surface area contributed by atoms with Gasteiger partial charge in [0.15, 0.2) is 5.82 Å². The zero-order chi connectivity index (χ0) is 16.5. The predicted molar refractivity (Wildman–Crippen MR) is 91.1 cm³/mol. The Morgan fingerprint density at radius 3 is 2.88 bits per heavy atom. The number of nitrogens with one attached hydrogen (secondary N) is 1. The highest BCUT2D eigenvalue weighted by atomic mass is 35.5. The molecule has 4 aromatic rings. The van der Waals surface area contributed by atoms with Crippen LogP contribution in [0.2, 0.25) is 0 Å². The van der Waals surface area contributed by atoms with Gasteiger partial charge in [-0.15, -0.1) is 0 Å². The SMILES string of the molecule is Fc1cccc2[nH]c(C(Cl)=Cc3ccc(-n4ccnc4)nc3)nc12. The van der Waals surface area contributed by atoms with E-state index < -0.39 is 0 Å². The number of hydrogen-bond acceptors (Lipinski definition) is 3. The van der Waals surface area contributed by atoms with Crippen LogP contribution in [0.1, 0.15) is 11.4 Å². The highest BCUT2D eigenvalue weighted by Gasteiger charge is 2.09. The van der Waals surface area contributed by atoms with Crippen molar-refractivity contribution in [1.82, 2.24) is 24.5 Å². The Morgan fingerprint density at radius 2 is 2.17 bits per heavy atom. The first-order valence-corrected chi connectivity index (χ1v) is 7.55. The molecule has 0 fully saturated rings. The van der Waals surface area contributed by atoms with Gasteiger partial charge in [0.05, 0.1) is 10.5 Å². The van der Waals surface area contributed by atoms with Crippen molar-refractivity contribution in [1.29, 1.82) is 0 Å². The molecule has 5 nitrogen and oxygen atoms in total. The number of aromatic amines is 1. The first kappa shape index (κ1) is 14.6. The molecule has 0 saturated carbocycles. The van der Waals surface area contributed by atoms with E-state index in [1.165, 1.54) is 6.07 Å². The zero-order valence-electron chi connectivity index (χ0n) is 12.3. The van der Waals surface area contributed by atoms with Crippen molar-refractivity contribution in [3.8, 4) is 5.82 Å². The van der Waals surface area contributed by atoms with Crippen molar-refractivity contribution in [3.05, 3.63) is 72.5 Å². The Balaban J connectivity index is 1.65. The molecule has 1 N–H and O–H groups in total. The van der Waals surface area contributed by atoms with Gasteiger partial charge in [0.25, 0.3) is 0 Å². The minimum absolute atomic E-state index is 0.271. The Labute approximate surface area is 141 Å². The number of nitrogens with zero attached hydrogens (tertiary/aromatic N) is 4. The molecule has 0 radical (unpaired) electrons. The number of aromatic nitrogens is 5. The van der Waals surface area contributed by atoms with Gasteiger partial charge in [0.1, 0.15) is 23.5 Å². The van der Waals surface area contributed by atoms with Gasteiger partial charge in [-0.05, 0) is 35.9 Å². The van der Waals surface area contributed by atoms with Crippen molar-refractivity contribution in [3.63, 3.8) is 0 Å². The number of imidazole rings is 2. The molecule has 0 aliphatic heterocycles. The van der Waals surface area contributed by atoms with Crippen LogP contribution >= 0.6 is 11.6 Å². The van der Waals surface area contributed by atoms with Crippen molar-refractivity contribution < 1.29 is 4.39 Å². The van der Waals surface area contributed by atoms with E-state index in [1.807, 2.05) is 18.3 Å². The molecule has 7 heteroatoms. The van der Waals surface area contributed by atoms with E-state index in [0.29, 0.717) is 16.4 Å². The van der Waals surface area contributed by atoms with Gasteiger partial charge in [-0.3, -0.25) is 4.57 Å². The number of benzene rings is 1. The van der Waals surface area contributed by atoms with Crippen LogP contribution in [-0.4, -0.2) is 24.5 Å². The average molecular weight is 340 g/mol. The topological polar surface area (TPSA) is 59.4 Å². The van der Waals surface area contributed by atoms with Crippen LogP contribution in [0, 0.1) is 5.82 Å². The van der Waals surface area contributed by atoms with Gasteiger partial charge in [-0.1, -0.05) is 17.7 Å². The second-order valence-corrected chi connectivity index (χ2v) is 5.54. The summed E-state index contributed by atoms with van der Waals surface area (Å²) in [6.45, 7) is 0. The van der Waals surface area contributed by atoms with Crippen molar-refractivity contribution in [2.24, 2.45) is 0 Å². The van der Waals surface area contributed by atoms with Crippen LogP contribution in [0.4, 0.5) is 4.39 Å². The molecule has 0 spiro atoms. The van der Waals surface area contributed by atoms with Gasteiger partial charge in [-0.2, -0.15) is 0 Å². The lowest BCUT2D eigenvalue weighted by molar-refractivity contribution is 0.637. The fourth-order valence-corrected chi connectivity index (χ4v) is 2.57. The van der Waals surface area contributed by atoms with Crippen LogP contribution in [0.15, 0.2) is 55.2 Å². The minimum Gasteiger partial charge on any atom is -0.337 e. The molecule has 0 aliphatic carbocycles. The zero-order valence-corrected chi connectivity index (χ0v) is 13.1. The van der Waals surface area contributed by atoms with E-state index in [1.54, 1.807) is 41.5 Å². The minimum atomic E-state index is -0.384. The fourth-order valence-electron chi connectivity index (χ4n) is 2.36. The summed E-state index contributed by atoms with van der Waals surface area (Å²) in [5.41, 5.74) is 1.68. The van der Waals surface area contributed by atoms with Crippen LogP contribution in [0.25, 0.3) is 28.0 Å². The van der Waals surface area contributed by atoms with E-state index in [9.17, 15) is 4.39 Å². The van der Waals surface area contributed by atoms with E-state index in [-0.39, 0.29) is 11.3 Å². The van der Waals surface area contributed by atoms with E-state index >= 15 is 0 Å². The number of H-pyrrole nitrogens is 1. The third-order valence-electron chi connectivity index (χ3n) is 3.52. The third kappa shape index (κ3) is 2.68. The van der Waals surface area contributed by atoms with Crippen molar-refractivity contribution in [2.75, 3.05) is 0 Å². The van der Waals surface area contributed by atoms with Gasteiger partial charge >= 0.3 is 0 Å². The lowest BCUT2D eigenvalue weighted by atomic mass is 10.2. The number of para-hydroxylation sites is 1. The maximum atomic E-state index is 13.7. The van der Waals surface area contributed by atoms with Crippen LogP contribution in [0.5, 0.6) is 0 Å². The molecule has 0 aliphatic rings. The molecule has 3 aromatic heterocycles. The van der Waals surface area contributed by atoms with Crippen molar-refractivity contribution in [2.45, 2.75) is 0 Å². The molecule has 118 valence electrons. The number of rotatable bonds is 3. The first-order chi connectivity index (χ1) is 11.7. The molecule has 0 amide bonds. The Morgan fingerprint density at radius 1 is 1.25 bits per heavy atom. The Bertz CT molecular complexity index is 1020. The molecule has 0 saturated heterocycles. The third-order valence-corrected chi connectivity index (χ3v) is 3.81. The smallest absolute Gasteiger partial charge is 0.151 e. The summed E-state index contributed by atoms with van der Waals surface area (Å²) in [4.78, 5) is 15.5. The average Bonchev–Trinajstić information content (AvgIpc) is 3.26. The molecular formula is C17H11ClFN5. The first-order valence-electron chi connectivity index (χ1n) is 7.17. The number of fused-ring (bicyclic) bond motifs is 1. The summed E-state index contributed by atoms with van der Waals surface area (Å²) >= 11 is 6.31. The lowest BCUT2D eigenvalue weighted by Crippen LogP contribution is -1.93. The fraction of sp³-hybridized carbons (Fsp3) is 0. The molecule has 0 unspecified atom stereocenters. The van der Waals surface area contributed by atoms with Gasteiger partial charge in [0, 0.05) is 18.6 Å². The monoisotopic (exact) mass is 339 g/mol. The van der Waals surface area contributed by atoms with Gasteiger partial charge < -0.3 is 4.98 Å². The van der Waals surface area contributed by atoms with E-state index in [0.717, 1.165) is 11.4 Å². The van der Waals surface area contributed by atoms with Crippen LogP contribution < -0.4 is 0 Å². The Hall–Kier alpha value is -2.99. The summed E-state index contributed by atoms with van der Waals surface area (Å²) in [6.07, 6.45) is 8.59. The number of hydrogen-bond donors (Lipinski definition) is 1. The predicted octanol–water partition coefficient (Wildman–Crippen LogP) is 4.02. The molecule has 4 rings (SSSR count). The van der Waals surface area contributed by atoms with Gasteiger partial charge in [-0.25, -0.2) is 19.3 Å². The second-order valence-electron chi connectivity index (χ2n) is 5.13. The molecule has 0 atom stereocenters. The summed E-state index contributed by atoms with van der Waals surface area (Å²) in [7, 11) is 0.